The maximum atomic E-state index is 11.2. The van der Waals surface area contributed by atoms with E-state index in [0.717, 1.165) is 37.9 Å². The summed E-state index contributed by atoms with van der Waals surface area (Å²) in [6, 6.07) is 9.77. The Balaban J connectivity index is 1.71. The number of aliphatic carboxylic acids is 1. The quantitative estimate of drug-likeness (QED) is 0.794. The van der Waals surface area contributed by atoms with Crippen molar-refractivity contribution in [2.75, 3.05) is 6.61 Å². The molecule has 1 aliphatic carbocycles. The van der Waals surface area contributed by atoms with Crippen LogP contribution in [-0.4, -0.2) is 17.7 Å². The lowest BCUT2D eigenvalue weighted by atomic mass is 9.77. The van der Waals surface area contributed by atoms with Crippen LogP contribution in [0.4, 0.5) is 0 Å². The van der Waals surface area contributed by atoms with Crippen LogP contribution in [0.3, 0.4) is 0 Å². The van der Waals surface area contributed by atoms with Gasteiger partial charge in [-0.05, 0) is 43.7 Å². The summed E-state index contributed by atoms with van der Waals surface area (Å²) < 4.78 is 5.65. The third kappa shape index (κ3) is 4.27. The molecule has 0 aliphatic heterocycles. The molecule has 104 valence electrons. The SMILES string of the molecule is O=C(O)C1CCCCC1CCCOc1ccccc1. The standard InChI is InChI=1S/C16H22O3/c17-16(18)15-11-5-4-7-13(15)8-6-12-19-14-9-2-1-3-10-14/h1-3,9-10,13,15H,4-8,11-12H2,(H,17,18). The Kier molecular flexibility index (Phi) is 5.25. The third-order valence-electron chi connectivity index (χ3n) is 3.96. The van der Waals surface area contributed by atoms with E-state index < -0.39 is 5.97 Å². The zero-order valence-corrected chi connectivity index (χ0v) is 11.3. The Hall–Kier alpha value is -1.51. The molecule has 2 atom stereocenters. The van der Waals surface area contributed by atoms with Crippen LogP contribution in [0.25, 0.3) is 0 Å². The third-order valence-corrected chi connectivity index (χ3v) is 3.96. The number of ether oxygens (including phenoxy) is 1. The fourth-order valence-electron chi connectivity index (χ4n) is 2.93. The Bertz CT molecular complexity index is 388. The number of benzene rings is 1. The van der Waals surface area contributed by atoms with Gasteiger partial charge in [0, 0.05) is 0 Å². The molecule has 1 aliphatic rings. The van der Waals surface area contributed by atoms with Crippen LogP contribution in [0, 0.1) is 11.8 Å². The largest absolute Gasteiger partial charge is 0.494 e. The lowest BCUT2D eigenvalue weighted by Gasteiger charge is -2.28. The number of hydrogen-bond donors (Lipinski definition) is 1. The Labute approximate surface area is 114 Å². The molecule has 0 aromatic heterocycles. The van der Waals surface area contributed by atoms with E-state index in [-0.39, 0.29) is 5.92 Å². The molecular formula is C16H22O3. The van der Waals surface area contributed by atoms with Crippen LogP contribution in [0.5, 0.6) is 5.75 Å². The van der Waals surface area contributed by atoms with Crippen molar-refractivity contribution in [2.24, 2.45) is 11.8 Å². The molecule has 0 radical (unpaired) electrons. The van der Waals surface area contributed by atoms with E-state index in [1.807, 2.05) is 30.3 Å². The molecule has 3 heteroatoms. The Morgan fingerprint density at radius 1 is 1.21 bits per heavy atom. The van der Waals surface area contributed by atoms with E-state index >= 15 is 0 Å². The number of rotatable bonds is 6. The maximum absolute atomic E-state index is 11.2. The summed E-state index contributed by atoms with van der Waals surface area (Å²) in [5, 5.41) is 9.21. The molecule has 0 heterocycles. The summed E-state index contributed by atoms with van der Waals surface area (Å²) in [6.07, 6.45) is 6.04. The van der Waals surface area contributed by atoms with Gasteiger partial charge in [0.05, 0.1) is 12.5 Å². The monoisotopic (exact) mass is 262 g/mol. The number of carboxylic acid groups (broad SMARTS) is 1. The van der Waals surface area contributed by atoms with E-state index in [1.165, 1.54) is 6.42 Å². The van der Waals surface area contributed by atoms with Crippen molar-refractivity contribution < 1.29 is 14.6 Å². The highest BCUT2D eigenvalue weighted by molar-refractivity contribution is 5.70. The van der Waals surface area contributed by atoms with Gasteiger partial charge in [-0.3, -0.25) is 4.79 Å². The summed E-state index contributed by atoms with van der Waals surface area (Å²) >= 11 is 0. The first-order chi connectivity index (χ1) is 9.27. The van der Waals surface area contributed by atoms with E-state index in [4.69, 9.17) is 4.74 Å². The molecule has 1 fully saturated rings. The van der Waals surface area contributed by atoms with Crippen molar-refractivity contribution in [3.63, 3.8) is 0 Å². The van der Waals surface area contributed by atoms with Crippen LogP contribution in [-0.2, 0) is 4.79 Å². The van der Waals surface area contributed by atoms with Crippen LogP contribution < -0.4 is 4.74 Å². The van der Waals surface area contributed by atoms with Gasteiger partial charge in [0.15, 0.2) is 0 Å². The number of carboxylic acids is 1. The highest BCUT2D eigenvalue weighted by Crippen LogP contribution is 2.33. The van der Waals surface area contributed by atoms with Crippen LogP contribution >= 0.6 is 0 Å². The molecule has 19 heavy (non-hydrogen) atoms. The smallest absolute Gasteiger partial charge is 0.306 e. The second-order valence-corrected chi connectivity index (χ2v) is 5.29. The van der Waals surface area contributed by atoms with Crippen molar-refractivity contribution in [3.8, 4) is 5.75 Å². The lowest BCUT2D eigenvalue weighted by Crippen LogP contribution is -2.27. The zero-order chi connectivity index (χ0) is 13.5. The van der Waals surface area contributed by atoms with Crippen molar-refractivity contribution in [2.45, 2.75) is 38.5 Å². The molecule has 0 bridgehead atoms. The van der Waals surface area contributed by atoms with Crippen LogP contribution in [0.15, 0.2) is 30.3 Å². The molecular weight excluding hydrogens is 240 g/mol. The first-order valence-electron chi connectivity index (χ1n) is 7.18. The second-order valence-electron chi connectivity index (χ2n) is 5.29. The molecule has 1 aromatic rings. The van der Waals surface area contributed by atoms with Gasteiger partial charge in [0.25, 0.3) is 0 Å². The van der Waals surface area contributed by atoms with E-state index in [9.17, 15) is 9.90 Å². The van der Waals surface area contributed by atoms with Crippen molar-refractivity contribution in [1.29, 1.82) is 0 Å². The minimum Gasteiger partial charge on any atom is -0.494 e. The van der Waals surface area contributed by atoms with Gasteiger partial charge in [-0.25, -0.2) is 0 Å². The van der Waals surface area contributed by atoms with Gasteiger partial charge in [-0.2, -0.15) is 0 Å². The van der Waals surface area contributed by atoms with E-state index in [1.54, 1.807) is 0 Å². The average molecular weight is 262 g/mol. The summed E-state index contributed by atoms with van der Waals surface area (Å²) in [7, 11) is 0. The van der Waals surface area contributed by atoms with Gasteiger partial charge < -0.3 is 9.84 Å². The molecule has 1 aromatic carbocycles. The normalized spacial score (nSPS) is 22.9. The number of hydrogen-bond acceptors (Lipinski definition) is 2. The molecule has 1 N–H and O–H groups in total. The second kappa shape index (κ2) is 7.17. The molecule has 0 amide bonds. The number of carbonyl (C=O) groups is 1. The van der Waals surface area contributed by atoms with Crippen molar-refractivity contribution >= 4 is 5.97 Å². The first-order valence-corrected chi connectivity index (χ1v) is 7.18. The molecule has 2 unspecified atom stereocenters. The maximum Gasteiger partial charge on any atom is 0.306 e. The van der Waals surface area contributed by atoms with Crippen molar-refractivity contribution in [1.82, 2.24) is 0 Å². The number of para-hydroxylation sites is 1. The predicted octanol–water partition coefficient (Wildman–Crippen LogP) is 3.74. The summed E-state index contributed by atoms with van der Waals surface area (Å²) in [6.45, 7) is 0.673. The summed E-state index contributed by atoms with van der Waals surface area (Å²) in [5.74, 6) is 0.478. The highest BCUT2D eigenvalue weighted by Gasteiger charge is 2.30. The van der Waals surface area contributed by atoms with Crippen LogP contribution in [0.2, 0.25) is 0 Å². The van der Waals surface area contributed by atoms with E-state index in [2.05, 4.69) is 0 Å². The van der Waals surface area contributed by atoms with Gasteiger partial charge >= 0.3 is 5.97 Å². The minimum absolute atomic E-state index is 0.134. The van der Waals surface area contributed by atoms with Crippen molar-refractivity contribution in [3.05, 3.63) is 30.3 Å². The molecule has 2 rings (SSSR count). The first kappa shape index (κ1) is 13.9. The van der Waals surface area contributed by atoms with Gasteiger partial charge in [0.2, 0.25) is 0 Å². The summed E-state index contributed by atoms with van der Waals surface area (Å²) in [5.41, 5.74) is 0. The molecule has 0 saturated heterocycles. The summed E-state index contributed by atoms with van der Waals surface area (Å²) in [4.78, 5) is 11.2. The Morgan fingerprint density at radius 2 is 1.95 bits per heavy atom. The van der Waals surface area contributed by atoms with Gasteiger partial charge in [0.1, 0.15) is 5.75 Å². The average Bonchev–Trinajstić information content (AvgIpc) is 2.45. The fraction of sp³-hybridized carbons (Fsp3) is 0.562. The predicted molar refractivity (Wildman–Crippen MR) is 74.3 cm³/mol. The Morgan fingerprint density at radius 3 is 2.68 bits per heavy atom. The highest BCUT2D eigenvalue weighted by atomic mass is 16.5. The lowest BCUT2D eigenvalue weighted by molar-refractivity contribution is -0.145. The minimum atomic E-state index is -0.617. The van der Waals surface area contributed by atoms with Crippen LogP contribution in [0.1, 0.15) is 38.5 Å². The van der Waals surface area contributed by atoms with Gasteiger partial charge in [-0.15, -0.1) is 0 Å². The van der Waals surface area contributed by atoms with Gasteiger partial charge in [-0.1, -0.05) is 31.0 Å². The van der Waals surface area contributed by atoms with E-state index in [0.29, 0.717) is 12.5 Å². The molecule has 3 nitrogen and oxygen atoms in total. The fourth-order valence-corrected chi connectivity index (χ4v) is 2.93. The zero-order valence-electron chi connectivity index (χ0n) is 11.3. The topological polar surface area (TPSA) is 46.5 Å². The molecule has 1 saturated carbocycles. The molecule has 0 spiro atoms.